The molecule has 0 spiro atoms. The van der Waals surface area contributed by atoms with Crippen LogP contribution in [0.4, 0.5) is 5.69 Å². The lowest BCUT2D eigenvalue weighted by Gasteiger charge is -2.11. The molecule has 1 heterocycles. The molecule has 0 bridgehead atoms. The standard InChI is InChI=1S/C22H24N4O3/c1-3-16-6-5-7-18(12-16)26-21(27)14-25-22(23-4-2)24-11-10-17-8-9-19-20(13-17)29-15-28-19/h1,5-9,12-13H,4,10-11,14-15H2,2H3,(H,26,27)(H2,23,24,25). The predicted octanol–water partition coefficient (Wildman–Crippen LogP) is 2.13. The molecule has 2 aromatic rings. The molecule has 0 aliphatic carbocycles. The molecule has 1 aliphatic rings. The fourth-order valence-electron chi connectivity index (χ4n) is 2.80. The molecule has 0 aromatic heterocycles. The average Bonchev–Trinajstić information content (AvgIpc) is 3.20. The number of hydrogen-bond acceptors (Lipinski definition) is 4. The first-order valence-corrected chi connectivity index (χ1v) is 9.45. The predicted molar refractivity (Wildman–Crippen MR) is 113 cm³/mol. The summed E-state index contributed by atoms with van der Waals surface area (Å²) in [6.45, 7) is 3.60. The first-order chi connectivity index (χ1) is 14.2. The van der Waals surface area contributed by atoms with Crippen molar-refractivity contribution in [2.24, 2.45) is 4.99 Å². The molecule has 1 amide bonds. The molecule has 7 nitrogen and oxygen atoms in total. The molecule has 0 fully saturated rings. The van der Waals surface area contributed by atoms with Crippen LogP contribution >= 0.6 is 0 Å². The third-order valence-electron chi connectivity index (χ3n) is 4.18. The molecule has 0 saturated carbocycles. The molecule has 0 atom stereocenters. The number of rotatable bonds is 7. The number of anilines is 1. The summed E-state index contributed by atoms with van der Waals surface area (Å²) in [6, 6.07) is 13.0. The summed E-state index contributed by atoms with van der Waals surface area (Å²) in [5.74, 6) is 4.46. The lowest BCUT2D eigenvalue weighted by atomic mass is 10.1. The quantitative estimate of drug-likeness (QED) is 0.382. The highest BCUT2D eigenvalue weighted by Crippen LogP contribution is 2.32. The Morgan fingerprint density at radius 1 is 1.17 bits per heavy atom. The van der Waals surface area contributed by atoms with Gasteiger partial charge in [-0.3, -0.25) is 4.79 Å². The van der Waals surface area contributed by atoms with Gasteiger partial charge in [-0.2, -0.15) is 0 Å². The van der Waals surface area contributed by atoms with Crippen molar-refractivity contribution in [2.75, 3.05) is 31.7 Å². The lowest BCUT2D eigenvalue weighted by molar-refractivity contribution is -0.114. The number of amides is 1. The Labute approximate surface area is 170 Å². The number of aliphatic imine (C=N–C) groups is 1. The van der Waals surface area contributed by atoms with E-state index in [9.17, 15) is 4.79 Å². The first-order valence-electron chi connectivity index (χ1n) is 9.45. The fraction of sp³-hybridized carbons (Fsp3) is 0.273. The minimum absolute atomic E-state index is 0.000359. The molecule has 0 radical (unpaired) electrons. The van der Waals surface area contributed by atoms with E-state index < -0.39 is 0 Å². The number of terminal acetylenes is 1. The van der Waals surface area contributed by atoms with E-state index in [2.05, 4.69) is 26.9 Å². The second kappa shape index (κ2) is 10.0. The molecule has 1 aliphatic heterocycles. The van der Waals surface area contributed by atoms with E-state index in [1.807, 2.05) is 25.1 Å². The smallest absolute Gasteiger partial charge is 0.246 e. The van der Waals surface area contributed by atoms with Gasteiger partial charge < -0.3 is 25.4 Å². The molecule has 2 aromatic carbocycles. The van der Waals surface area contributed by atoms with E-state index in [4.69, 9.17) is 15.9 Å². The maximum atomic E-state index is 12.2. The van der Waals surface area contributed by atoms with Gasteiger partial charge in [-0.25, -0.2) is 4.99 Å². The molecule has 7 heteroatoms. The summed E-state index contributed by atoms with van der Waals surface area (Å²) < 4.78 is 10.7. The van der Waals surface area contributed by atoms with Crippen molar-refractivity contribution >= 4 is 17.6 Å². The number of guanidine groups is 1. The number of hydrogen-bond donors (Lipinski definition) is 3. The van der Waals surface area contributed by atoms with Crippen LogP contribution in [0.25, 0.3) is 0 Å². The van der Waals surface area contributed by atoms with Crippen molar-refractivity contribution in [1.82, 2.24) is 10.6 Å². The minimum Gasteiger partial charge on any atom is -0.454 e. The number of carbonyl (C=O) groups is 1. The van der Waals surface area contributed by atoms with Crippen LogP contribution in [0.15, 0.2) is 47.5 Å². The normalized spacial score (nSPS) is 12.2. The van der Waals surface area contributed by atoms with Crippen LogP contribution in [-0.4, -0.2) is 38.3 Å². The summed E-state index contributed by atoms with van der Waals surface area (Å²) in [4.78, 5) is 16.5. The van der Waals surface area contributed by atoms with Gasteiger partial charge in [0, 0.05) is 24.3 Å². The minimum atomic E-state index is -0.216. The van der Waals surface area contributed by atoms with E-state index in [0.717, 1.165) is 23.5 Å². The van der Waals surface area contributed by atoms with Gasteiger partial charge >= 0.3 is 0 Å². The summed E-state index contributed by atoms with van der Waals surface area (Å²) in [6.07, 6.45) is 6.17. The highest BCUT2D eigenvalue weighted by molar-refractivity contribution is 5.94. The van der Waals surface area contributed by atoms with Crippen LogP contribution < -0.4 is 25.4 Å². The Balaban J connectivity index is 1.49. The monoisotopic (exact) mass is 392 g/mol. The van der Waals surface area contributed by atoms with Crippen molar-refractivity contribution in [1.29, 1.82) is 0 Å². The van der Waals surface area contributed by atoms with Gasteiger partial charge in [-0.1, -0.05) is 18.1 Å². The number of ether oxygens (including phenoxy) is 2. The SMILES string of the molecule is C#Cc1cccc(NC(=O)CN=C(NCC)NCCc2ccc3c(c2)OCO3)c1. The van der Waals surface area contributed by atoms with E-state index >= 15 is 0 Å². The second-order valence-corrected chi connectivity index (χ2v) is 6.33. The summed E-state index contributed by atoms with van der Waals surface area (Å²) in [5, 5.41) is 9.17. The maximum absolute atomic E-state index is 12.2. The van der Waals surface area contributed by atoms with Gasteiger partial charge in [-0.15, -0.1) is 6.42 Å². The van der Waals surface area contributed by atoms with Gasteiger partial charge in [0.2, 0.25) is 12.7 Å². The van der Waals surface area contributed by atoms with E-state index in [1.54, 1.807) is 24.3 Å². The maximum Gasteiger partial charge on any atom is 0.246 e. The summed E-state index contributed by atoms with van der Waals surface area (Å²) >= 11 is 0. The number of benzene rings is 2. The zero-order valence-corrected chi connectivity index (χ0v) is 16.3. The molecule has 0 saturated heterocycles. The van der Waals surface area contributed by atoms with Crippen molar-refractivity contribution < 1.29 is 14.3 Å². The highest BCUT2D eigenvalue weighted by Gasteiger charge is 2.13. The van der Waals surface area contributed by atoms with Crippen LogP contribution in [0.1, 0.15) is 18.1 Å². The molecule has 0 unspecified atom stereocenters. The van der Waals surface area contributed by atoms with Gasteiger partial charge in [0.15, 0.2) is 17.5 Å². The van der Waals surface area contributed by atoms with Crippen molar-refractivity contribution in [3.63, 3.8) is 0 Å². The second-order valence-electron chi connectivity index (χ2n) is 6.33. The third-order valence-corrected chi connectivity index (χ3v) is 4.18. The van der Waals surface area contributed by atoms with Crippen molar-refractivity contribution in [3.8, 4) is 23.8 Å². The molecule has 3 N–H and O–H groups in total. The Hall–Kier alpha value is -3.66. The van der Waals surface area contributed by atoms with Crippen LogP contribution in [-0.2, 0) is 11.2 Å². The van der Waals surface area contributed by atoms with Crippen molar-refractivity contribution in [3.05, 3.63) is 53.6 Å². The average molecular weight is 392 g/mol. The Morgan fingerprint density at radius 3 is 2.86 bits per heavy atom. The zero-order valence-electron chi connectivity index (χ0n) is 16.3. The molecule has 29 heavy (non-hydrogen) atoms. The summed E-state index contributed by atoms with van der Waals surface area (Å²) in [7, 11) is 0. The molecular weight excluding hydrogens is 368 g/mol. The van der Waals surface area contributed by atoms with Gasteiger partial charge in [0.1, 0.15) is 6.54 Å². The first kappa shape index (κ1) is 20.1. The molecule has 3 rings (SSSR count). The fourth-order valence-corrected chi connectivity index (χ4v) is 2.80. The van der Waals surface area contributed by atoms with Gasteiger partial charge in [-0.05, 0) is 49.2 Å². The number of nitrogens with zero attached hydrogens (tertiary/aromatic N) is 1. The Kier molecular flexibility index (Phi) is 6.95. The van der Waals surface area contributed by atoms with Crippen LogP contribution in [0, 0.1) is 12.3 Å². The topological polar surface area (TPSA) is 84.0 Å². The van der Waals surface area contributed by atoms with Crippen LogP contribution in [0.5, 0.6) is 11.5 Å². The van der Waals surface area contributed by atoms with Crippen molar-refractivity contribution in [2.45, 2.75) is 13.3 Å². The van der Waals surface area contributed by atoms with Crippen LogP contribution in [0.2, 0.25) is 0 Å². The van der Waals surface area contributed by atoms with E-state index in [-0.39, 0.29) is 19.2 Å². The van der Waals surface area contributed by atoms with Gasteiger partial charge in [0.05, 0.1) is 0 Å². The van der Waals surface area contributed by atoms with Crippen LogP contribution in [0.3, 0.4) is 0 Å². The molecular formula is C22H24N4O3. The number of nitrogens with one attached hydrogen (secondary N) is 3. The summed E-state index contributed by atoms with van der Waals surface area (Å²) in [5.41, 5.74) is 2.50. The van der Waals surface area contributed by atoms with Gasteiger partial charge in [0.25, 0.3) is 0 Å². The number of fused-ring (bicyclic) bond motifs is 1. The zero-order chi connectivity index (χ0) is 20.5. The van der Waals surface area contributed by atoms with E-state index in [1.165, 1.54) is 0 Å². The van der Waals surface area contributed by atoms with E-state index in [0.29, 0.717) is 30.3 Å². The molecule has 150 valence electrons. The highest BCUT2D eigenvalue weighted by atomic mass is 16.7. The Bertz CT molecular complexity index is 934. The third kappa shape index (κ3) is 5.91. The Morgan fingerprint density at radius 2 is 2.03 bits per heavy atom. The number of carbonyl (C=O) groups excluding carboxylic acids is 1. The lowest BCUT2D eigenvalue weighted by Crippen LogP contribution is -2.39. The largest absolute Gasteiger partial charge is 0.454 e.